The Kier molecular flexibility index (Phi) is 13.6. The minimum Gasteiger partial charge on any atom is -0.467 e. The van der Waals surface area contributed by atoms with Gasteiger partial charge in [0.1, 0.15) is 12.4 Å². The lowest BCUT2D eigenvalue weighted by Gasteiger charge is -2.07. The van der Waals surface area contributed by atoms with Crippen LogP contribution < -0.4 is 5.32 Å². The van der Waals surface area contributed by atoms with Crippen LogP contribution in [-0.4, -0.2) is 11.8 Å². The molecule has 0 saturated heterocycles. The van der Waals surface area contributed by atoms with Crippen LogP contribution in [0, 0.1) is 0 Å². The van der Waals surface area contributed by atoms with Crippen LogP contribution in [0.5, 0.6) is 0 Å². The number of thiocarbonyl (C=S) groups is 1. The van der Waals surface area contributed by atoms with Gasteiger partial charge in [0.25, 0.3) is 5.17 Å². The standard InChI is InChI=1S/C26H39NO2S/c1-21(2)10-6-11-22(3)12-7-13-23(4)14-8-15-24(5)17-19-29-26(30)27-20-25-16-9-18-28-25/h9-10,12,14,16-18H,6-8,11,13,15,19-20H2,1-5H3,(H,27,30)/b22-12+,23-14+,24-17+. The van der Waals surface area contributed by atoms with Crippen LogP contribution in [0.4, 0.5) is 0 Å². The average Bonchev–Trinajstić information content (AvgIpc) is 3.19. The van der Waals surface area contributed by atoms with Crippen molar-refractivity contribution >= 4 is 17.4 Å². The van der Waals surface area contributed by atoms with Crippen molar-refractivity contribution in [2.75, 3.05) is 6.61 Å². The molecule has 4 heteroatoms. The molecule has 30 heavy (non-hydrogen) atoms. The second-order valence-electron chi connectivity index (χ2n) is 8.08. The molecule has 0 fully saturated rings. The number of ether oxygens (including phenoxy) is 1. The monoisotopic (exact) mass is 429 g/mol. The number of allylic oxidation sites excluding steroid dienone is 7. The van der Waals surface area contributed by atoms with Gasteiger partial charge in [-0.2, -0.15) is 0 Å². The van der Waals surface area contributed by atoms with Gasteiger partial charge in [-0.3, -0.25) is 0 Å². The van der Waals surface area contributed by atoms with Crippen molar-refractivity contribution in [3.63, 3.8) is 0 Å². The van der Waals surface area contributed by atoms with E-state index in [1.807, 2.05) is 12.1 Å². The van der Waals surface area contributed by atoms with E-state index in [4.69, 9.17) is 21.4 Å². The normalized spacial score (nSPS) is 12.6. The predicted molar refractivity (Wildman–Crippen MR) is 133 cm³/mol. The van der Waals surface area contributed by atoms with Crippen LogP contribution in [0.3, 0.4) is 0 Å². The Morgan fingerprint density at radius 3 is 2.00 bits per heavy atom. The summed E-state index contributed by atoms with van der Waals surface area (Å²) >= 11 is 5.17. The molecule has 0 radical (unpaired) electrons. The molecule has 0 saturated carbocycles. The first-order valence-corrected chi connectivity index (χ1v) is 11.3. The van der Waals surface area contributed by atoms with Gasteiger partial charge >= 0.3 is 0 Å². The SMILES string of the molecule is CC(C)=CCC/C(C)=C/CC/C(C)=C/CC/C(C)=C/COC(=S)NCc1ccco1. The quantitative estimate of drug-likeness (QED) is 0.256. The molecule has 0 aromatic carbocycles. The molecule has 0 atom stereocenters. The molecule has 0 aliphatic heterocycles. The van der Waals surface area contributed by atoms with Gasteiger partial charge in [0.15, 0.2) is 0 Å². The van der Waals surface area contributed by atoms with E-state index < -0.39 is 0 Å². The highest BCUT2D eigenvalue weighted by Gasteiger charge is 1.99. The lowest BCUT2D eigenvalue weighted by atomic mass is 10.0. The van der Waals surface area contributed by atoms with Crippen LogP contribution in [0.15, 0.2) is 69.4 Å². The third-order valence-electron chi connectivity index (χ3n) is 4.79. The summed E-state index contributed by atoms with van der Waals surface area (Å²) in [6.45, 7) is 12.0. The fraction of sp³-hybridized carbons (Fsp3) is 0.500. The third kappa shape index (κ3) is 14.0. The maximum absolute atomic E-state index is 5.53. The molecular weight excluding hydrogens is 390 g/mol. The van der Waals surface area contributed by atoms with Crippen molar-refractivity contribution < 1.29 is 9.15 Å². The van der Waals surface area contributed by atoms with Gasteiger partial charge in [-0.1, -0.05) is 40.5 Å². The van der Waals surface area contributed by atoms with Crippen molar-refractivity contribution in [3.05, 3.63) is 70.8 Å². The molecule has 166 valence electrons. The number of rotatable bonds is 13. The molecule has 0 amide bonds. The molecule has 1 aromatic heterocycles. The van der Waals surface area contributed by atoms with Crippen LogP contribution in [0.1, 0.15) is 78.9 Å². The van der Waals surface area contributed by atoms with E-state index in [0.29, 0.717) is 18.3 Å². The van der Waals surface area contributed by atoms with Gasteiger partial charge in [-0.25, -0.2) is 0 Å². The summed E-state index contributed by atoms with van der Waals surface area (Å²) in [6.07, 6.45) is 17.5. The smallest absolute Gasteiger partial charge is 0.257 e. The van der Waals surface area contributed by atoms with Crippen molar-refractivity contribution in [1.82, 2.24) is 5.32 Å². The molecule has 0 spiro atoms. The molecule has 0 aliphatic carbocycles. The Labute approximate surface area is 189 Å². The van der Waals surface area contributed by atoms with Gasteiger partial charge in [0, 0.05) is 0 Å². The number of hydrogen-bond acceptors (Lipinski definition) is 3. The maximum atomic E-state index is 5.53. The van der Waals surface area contributed by atoms with E-state index in [9.17, 15) is 0 Å². The van der Waals surface area contributed by atoms with E-state index in [1.54, 1.807) is 6.26 Å². The van der Waals surface area contributed by atoms with Crippen LogP contribution in [-0.2, 0) is 11.3 Å². The minimum absolute atomic E-state index is 0.399. The van der Waals surface area contributed by atoms with Crippen molar-refractivity contribution in [2.45, 2.75) is 79.7 Å². The summed E-state index contributed by atoms with van der Waals surface area (Å²) in [4.78, 5) is 0. The second-order valence-corrected chi connectivity index (χ2v) is 8.45. The van der Waals surface area contributed by atoms with Crippen LogP contribution in [0.2, 0.25) is 0 Å². The molecule has 1 N–H and O–H groups in total. The molecule has 0 bridgehead atoms. The summed E-state index contributed by atoms with van der Waals surface area (Å²) in [5.41, 5.74) is 5.69. The molecule has 1 aromatic rings. The highest BCUT2D eigenvalue weighted by molar-refractivity contribution is 7.80. The van der Waals surface area contributed by atoms with Crippen molar-refractivity contribution in [3.8, 4) is 0 Å². The van der Waals surface area contributed by atoms with E-state index >= 15 is 0 Å². The molecule has 0 aliphatic rings. The van der Waals surface area contributed by atoms with E-state index in [-0.39, 0.29) is 0 Å². The van der Waals surface area contributed by atoms with Gasteiger partial charge in [0.2, 0.25) is 0 Å². The summed E-state index contributed by atoms with van der Waals surface area (Å²) in [5.74, 6) is 0.837. The average molecular weight is 430 g/mol. The first-order chi connectivity index (χ1) is 14.4. The van der Waals surface area contributed by atoms with Gasteiger partial charge in [-0.15, -0.1) is 0 Å². The first-order valence-electron chi connectivity index (χ1n) is 10.9. The van der Waals surface area contributed by atoms with E-state index in [2.05, 4.69) is 64.2 Å². The zero-order valence-corrected chi connectivity index (χ0v) is 20.2. The molecule has 0 unspecified atom stereocenters. The first kappa shape index (κ1) is 26.0. The van der Waals surface area contributed by atoms with E-state index in [1.165, 1.54) is 28.7 Å². The predicted octanol–water partition coefficient (Wildman–Crippen LogP) is 7.82. The van der Waals surface area contributed by atoms with Gasteiger partial charge in [0.05, 0.1) is 12.8 Å². The summed E-state index contributed by atoms with van der Waals surface area (Å²) in [7, 11) is 0. The Morgan fingerprint density at radius 2 is 1.47 bits per heavy atom. The summed E-state index contributed by atoms with van der Waals surface area (Å²) < 4.78 is 10.8. The number of nitrogens with one attached hydrogen (secondary N) is 1. The lowest BCUT2D eigenvalue weighted by molar-refractivity contribution is 0.338. The van der Waals surface area contributed by atoms with Crippen molar-refractivity contribution in [1.29, 1.82) is 0 Å². The largest absolute Gasteiger partial charge is 0.467 e. The minimum atomic E-state index is 0.399. The van der Waals surface area contributed by atoms with Crippen LogP contribution >= 0.6 is 12.2 Å². The molecule has 3 nitrogen and oxygen atoms in total. The third-order valence-corrected chi connectivity index (χ3v) is 5.05. The van der Waals surface area contributed by atoms with Gasteiger partial charge < -0.3 is 14.5 Å². The maximum Gasteiger partial charge on any atom is 0.257 e. The number of furan rings is 1. The Balaban J connectivity index is 2.16. The zero-order chi connectivity index (χ0) is 22.2. The van der Waals surface area contributed by atoms with E-state index in [0.717, 1.165) is 37.9 Å². The second kappa shape index (κ2) is 15.7. The molecule has 1 rings (SSSR count). The molecular formula is C26H39NO2S. The lowest BCUT2D eigenvalue weighted by Crippen LogP contribution is -2.23. The summed E-state index contributed by atoms with van der Waals surface area (Å²) in [5, 5.41) is 3.43. The van der Waals surface area contributed by atoms with Crippen LogP contribution in [0.25, 0.3) is 0 Å². The van der Waals surface area contributed by atoms with Crippen molar-refractivity contribution in [2.24, 2.45) is 0 Å². The summed E-state index contributed by atoms with van der Waals surface area (Å²) in [6, 6.07) is 3.76. The fourth-order valence-electron chi connectivity index (χ4n) is 2.87. The highest BCUT2D eigenvalue weighted by atomic mass is 32.1. The Bertz CT molecular complexity index is 735. The zero-order valence-electron chi connectivity index (χ0n) is 19.4. The Hall–Kier alpha value is -2.07. The topological polar surface area (TPSA) is 34.4 Å². The Morgan fingerprint density at radius 1 is 0.900 bits per heavy atom. The number of hydrogen-bond donors (Lipinski definition) is 1. The molecule has 1 heterocycles. The fourth-order valence-corrected chi connectivity index (χ4v) is 3.01. The highest BCUT2D eigenvalue weighted by Crippen LogP contribution is 2.13. The van der Waals surface area contributed by atoms with Gasteiger partial charge in [-0.05, 0) is 104 Å².